The minimum Gasteiger partial charge on any atom is -0.387 e. The predicted octanol–water partition coefficient (Wildman–Crippen LogP) is 2.10. The van der Waals surface area contributed by atoms with Crippen LogP contribution in [0.15, 0.2) is 30.5 Å². The van der Waals surface area contributed by atoms with E-state index in [4.69, 9.17) is 11.6 Å². The average molecular weight is 347 g/mol. The molecule has 2 heterocycles. The maximum absolute atomic E-state index is 12.9. The Hall–Kier alpha value is -1.92. The molecule has 0 unspecified atom stereocenters. The summed E-state index contributed by atoms with van der Waals surface area (Å²) in [4.78, 5) is 14.8. The van der Waals surface area contributed by atoms with Crippen LogP contribution in [0.1, 0.15) is 43.2 Å². The highest BCUT2D eigenvalue weighted by molar-refractivity contribution is 6.30. The second kappa shape index (κ2) is 5.57. The number of hydrogen-bond donors (Lipinski definition) is 1. The molecular weight excluding hydrogens is 328 g/mol. The molecule has 6 nitrogen and oxygen atoms in total. The van der Waals surface area contributed by atoms with E-state index in [9.17, 15) is 9.90 Å². The molecule has 1 aliphatic carbocycles. The third-order valence-electron chi connectivity index (χ3n) is 5.04. The Labute approximate surface area is 145 Å². The molecule has 1 saturated carbocycles. The van der Waals surface area contributed by atoms with Crippen LogP contribution in [0, 0.1) is 0 Å². The van der Waals surface area contributed by atoms with Crippen LogP contribution >= 0.6 is 11.6 Å². The Morgan fingerprint density at radius 3 is 2.54 bits per heavy atom. The van der Waals surface area contributed by atoms with Crippen molar-refractivity contribution in [2.75, 3.05) is 13.1 Å². The number of hydrogen-bond acceptors (Lipinski definition) is 4. The van der Waals surface area contributed by atoms with Gasteiger partial charge >= 0.3 is 0 Å². The number of likely N-dealkylation sites (tertiary alicyclic amines) is 1. The number of rotatable bonds is 4. The predicted molar refractivity (Wildman–Crippen MR) is 88.6 cm³/mol. The van der Waals surface area contributed by atoms with Crippen molar-refractivity contribution >= 4 is 17.5 Å². The topological polar surface area (TPSA) is 71.2 Å². The molecule has 0 spiro atoms. The van der Waals surface area contributed by atoms with E-state index in [-0.39, 0.29) is 17.4 Å². The number of halogens is 1. The van der Waals surface area contributed by atoms with Crippen LogP contribution in [0.4, 0.5) is 0 Å². The first kappa shape index (κ1) is 15.6. The quantitative estimate of drug-likeness (QED) is 0.920. The molecule has 24 heavy (non-hydrogen) atoms. The standard InChI is InChI=1S/C17H19ClN4O2/c1-11(23)15-10-22(20-19-15)14-8-21(9-14)16(24)17(6-7-17)12-2-4-13(18)5-3-12/h2-5,10-11,14,23H,6-9H2,1H3/t11-/m1/s1. The summed E-state index contributed by atoms with van der Waals surface area (Å²) in [5.41, 5.74) is 1.25. The zero-order valence-corrected chi connectivity index (χ0v) is 14.1. The molecule has 1 aromatic heterocycles. The van der Waals surface area contributed by atoms with Gasteiger partial charge in [0, 0.05) is 18.1 Å². The summed E-state index contributed by atoms with van der Waals surface area (Å²) in [7, 11) is 0. The largest absolute Gasteiger partial charge is 0.387 e. The van der Waals surface area contributed by atoms with Crippen LogP contribution in [0.3, 0.4) is 0 Å². The molecule has 2 aromatic rings. The maximum Gasteiger partial charge on any atom is 0.233 e. The second-order valence-corrected chi connectivity index (χ2v) is 7.19. The number of carbonyl (C=O) groups excluding carboxylic acids is 1. The molecule has 1 aromatic carbocycles. The van der Waals surface area contributed by atoms with Crippen molar-refractivity contribution in [1.29, 1.82) is 0 Å². The van der Waals surface area contributed by atoms with Gasteiger partial charge < -0.3 is 10.0 Å². The van der Waals surface area contributed by atoms with Gasteiger partial charge in [-0.05, 0) is 37.5 Å². The summed E-state index contributed by atoms with van der Waals surface area (Å²) in [5, 5.41) is 18.2. The highest BCUT2D eigenvalue weighted by Gasteiger charge is 2.54. The molecule has 1 aliphatic heterocycles. The second-order valence-electron chi connectivity index (χ2n) is 6.75. The lowest BCUT2D eigenvalue weighted by molar-refractivity contribution is -0.140. The van der Waals surface area contributed by atoms with Gasteiger partial charge in [-0.25, -0.2) is 4.68 Å². The van der Waals surface area contributed by atoms with E-state index in [0.717, 1.165) is 18.4 Å². The molecule has 2 fully saturated rings. The average Bonchev–Trinajstić information content (AvgIpc) is 3.18. The Bertz CT molecular complexity index is 761. The normalized spacial score (nSPS) is 20.5. The van der Waals surface area contributed by atoms with E-state index in [1.165, 1.54) is 0 Å². The highest BCUT2D eigenvalue weighted by Crippen LogP contribution is 2.50. The Kier molecular flexibility index (Phi) is 3.62. The molecule has 7 heteroatoms. The van der Waals surface area contributed by atoms with Gasteiger partial charge in [0.15, 0.2) is 0 Å². The van der Waals surface area contributed by atoms with Crippen LogP contribution < -0.4 is 0 Å². The number of aliphatic hydroxyl groups is 1. The zero-order valence-electron chi connectivity index (χ0n) is 13.4. The molecule has 1 atom stereocenters. The maximum atomic E-state index is 12.9. The molecule has 1 amide bonds. The van der Waals surface area contributed by atoms with E-state index >= 15 is 0 Å². The van der Waals surface area contributed by atoms with Crippen LogP contribution in [-0.2, 0) is 10.2 Å². The summed E-state index contributed by atoms with van der Waals surface area (Å²) in [5.74, 6) is 0.192. The Morgan fingerprint density at radius 2 is 2.00 bits per heavy atom. The van der Waals surface area contributed by atoms with E-state index in [0.29, 0.717) is 23.8 Å². The summed E-state index contributed by atoms with van der Waals surface area (Å²) >= 11 is 5.95. The lowest BCUT2D eigenvalue weighted by Crippen LogP contribution is -2.54. The van der Waals surface area contributed by atoms with Crippen molar-refractivity contribution in [3.8, 4) is 0 Å². The first-order chi connectivity index (χ1) is 11.5. The van der Waals surface area contributed by atoms with Crippen molar-refractivity contribution in [3.05, 3.63) is 46.7 Å². The highest BCUT2D eigenvalue weighted by atomic mass is 35.5. The van der Waals surface area contributed by atoms with Gasteiger partial charge in [-0.15, -0.1) is 5.10 Å². The minimum absolute atomic E-state index is 0.134. The van der Waals surface area contributed by atoms with Crippen LogP contribution in [-0.4, -0.2) is 44.0 Å². The van der Waals surface area contributed by atoms with Gasteiger partial charge in [0.25, 0.3) is 0 Å². The number of nitrogens with zero attached hydrogens (tertiary/aromatic N) is 4. The molecule has 4 rings (SSSR count). The number of aromatic nitrogens is 3. The molecular formula is C17H19ClN4O2. The van der Waals surface area contributed by atoms with Crippen molar-refractivity contribution in [2.24, 2.45) is 0 Å². The molecule has 0 bridgehead atoms. The van der Waals surface area contributed by atoms with Crippen molar-refractivity contribution < 1.29 is 9.90 Å². The minimum atomic E-state index is -0.629. The summed E-state index contributed by atoms with van der Waals surface area (Å²) < 4.78 is 1.74. The fourth-order valence-electron chi connectivity index (χ4n) is 3.27. The summed E-state index contributed by atoms with van der Waals surface area (Å²) in [6, 6.07) is 7.73. The van der Waals surface area contributed by atoms with E-state index in [1.807, 2.05) is 29.2 Å². The smallest absolute Gasteiger partial charge is 0.233 e. The SMILES string of the molecule is C[C@@H](O)c1cn(C2CN(C(=O)C3(c4ccc(Cl)cc4)CC3)C2)nn1. The lowest BCUT2D eigenvalue weighted by Gasteiger charge is -2.41. The van der Waals surface area contributed by atoms with Crippen molar-refractivity contribution in [2.45, 2.75) is 37.3 Å². The van der Waals surface area contributed by atoms with Gasteiger partial charge in [-0.1, -0.05) is 28.9 Å². The van der Waals surface area contributed by atoms with Crippen LogP contribution in [0.2, 0.25) is 5.02 Å². The number of carbonyl (C=O) groups is 1. The fourth-order valence-corrected chi connectivity index (χ4v) is 3.40. The Morgan fingerprint density at radius 1 is 1.33 bits per heavy atom. The van der Waals surface area contributed by atoms with Gasteiger partial charge in [-0.3, -0.25) is 4.79 Å². The van der Waals surface area contributed by atoms with Crippen LogP contribution in [0.5, 0.6) is 0 Å². The molecule has 0 radical (unpaired) electrons. The van der Waals surface area contributed by atoms with E-state index < -0.39 is 6.10 Å². The monoisotopic (exact) mass is 346 g/mol. The molecule has 1 saturated heterocycles. The summed E-state index contributed by atoms with van der Waals surface area (Å²) in [6.45, 7) is 2.93. The number of benzene rings is 1. The van der Waals surface area contributed by atoms with Crippen molar-refractivity contribution in [3.63, 3.8) is 0 Å². The third-order valence-corrected chi connectivity index (χ3v) is 5.29. The van der Waals surface area contributed by atoms with Gasteiger partial charge in [0.1, 0.15) is 5.69 Å². The molecule has 126 valence electrons. The van der Waals surface area contributed by atoms with Gasteiger partial charge in [-0.2, -0.15) is 0 Å². The fraction of sp³-hybridized carbons (Fsp3) is 0.471. The number of aliphatic hydroxyl groups excluding tert-OH is 1. The summed E-state index contributed by atoms with van der Waals surface area (Å²) in [6.07, 6.45) is 2.91. The van der Waals surface area contributed by atoms with Gasteiger partial charge in [0.2, 0.25) is 5.91 Å². The Balaban J connectivity index is 1.43. The van der Waals surface area contributed by atoms with E-state index in [1.54, 1.807) is 17.8 Å². The third kappa shape index (κ3) is 2.50. The van der Waals surface area contributed by atoms with E-state index in [2.05, 4.69) is 10.3 Å². The lowest BCUT2D eigenvalue weighted by atomic mass is 9.92. The molecule has 1 N–H and O–H groups in total. The van der Waals surface area contributed by atoms with Gasteiger partial charge in [0.05, 0.1) is 23.8 Å². The molecule has 2 aliphatic rings. The van der Waals surface area contributed by atoms with Crippen LogP contribution in [0.25, 0.3) is 0 Å². The first-order valence-electron chi connectivity index (χ1n) is 8.15. The number of amides is 1. The van der Waals surface area contributed by atoms with Crippen molar-refractivity contribution in [1.82, 2.24) is 19.9 Å². The zero-order chi connectivity index (χ0) is 16.9. The first-order valence-corrected chi connectivity index (χ1v) is 8.53.